The second-order valence-electron chi connectivity index (χ2n) is 8.28. The summed E-state index contributed by atoms with van der Waals surface area (Å²) in [5, 5.41) is 6.25. The van der Waals surface area contributed by atoms with Crippen molar-refractivity contribution in [3.63, 3.8) is 0 Å². The van der Waals surface area contributed by atoms with Crippen molar-refractivity contribution in [1.82, 2.24) is 14.9 Å². The van der Waals surface area contributed by atoms with Crippen LogP contribution in [0.5, 0.6) is 0 Å². The average Bonchev–Trinajstić information content (AvgIpc) is 2.90. The number of hydrogen-bond donors (Lipinski definition) is 2. The summed E-state index contributed by atoms with van der Waals surface area (Å²) in [5.41, 5.74) is 2.94. The first-order valence-electron chi connectivity index (χ1n) is 11.6. The predicted octanol–water partition coefficient (Wildman–Crippen LogP) is 3.41. The minimum Gasteiger partial charge on any atom is -0.378 e. The van der Waals surface area contributed by atoms with E-state index in [1.807, 2.05) is 53.4 Å². The van der Waals surface area contributed by atoms with Crippen molar-refractivity contribution in [1.29, 1.82) is 0 Å². The Morgan fingerprint density at radius 3 is 2.26 bits per heavy atom. The molecule has 0 radical (unpaired) electrons. The lowest BCUT2D eigenvalue weighted by molar-refractivity contribution is 0.122. The highest BCUT2D eigenvalue weighted by atomic mass is 16.5. The Balaban J connectivity index is 1.16. The number of benzene rings is 2. The van der Waals surface area contributed by atoms with Crippen molar-refractivity contribution < 1.29 is 9.53 Å². The monoisotopic (exact) mass is 459 g/mol. The second kappa shape index (κ2) is 10.4. The molecule has 1 aromatic heterocycles. The largest absolute Gasteiger partial charge is 0.378 e. The average molecular weight is 460 g/mol. The van der Waals surface area contributed by atoms with Crippen LogP contribution in [0.2, 0.25) is 0 Å². The van der Waals surface area contributed by atoms with Crippen molar-refractivity contribution in [2.45, 2.75) is 0 Å². The van der Waals surface area contributed by atoms with E-state index in [-0.39, 0.29) is 6.03 Å². The molecule has 34 heavy (non-hydrogen) atoms. The molecule has 3 aromatic rings. The Morgan fingerprint density at radius 1 is 0.794 bits per heavy atom. The summed E-state index contributed by atoms with van der Waals surface area (Å²) in [6.07, 6.45) is 1.77. The van der Waals surface area contributed by atoms with Crippen LogP contribution in [0.25, 0.3) is 0 Å². The number of anilines is 5. The summed E-state index contributed by atoms with van der Waals surface area (Å²) in [5.74, 6) is 1.41. The van der Waals surface area contributed by atoms with Gasteiger partial charge >= 0.3 is 6.03 Å². The molecule has 0 aliphatic carbocycles. The van der Waals surface area contributed by atoms with E-state index in [0.29, 0.717) is 32.1 Å². The van der Waals surface area contributed by atoms with E-state index in [4.69, 9.17) is 9.72 Å². The fraction of sp³-hybridized carbons (Fsp3) is 0.320. The van der Waals surface area contributed by atoms with E-state index in [1.54, 1.807) is 6.20 Å². The van der Waals surface area contributed by atoms with Crippen LogP contribution in [0.1, 0.15) is 0 Å². The standard InChI is InChI=1S/C25H29N7O2/c33-25(28-20-4-2-1-3-5-20)32-14-12-31(13-15-32)23-10-11-26-24(29-23)27-21-6-8-22(9-7-21)30-16-18-34-19-17-30/h1-11H,12-19H2,(H,28,33)(H,26,27,29). The Morgan fingerprint density at radius 2 is 1.53 bits per heavy atom. The van der Waals surface area contributed by atoms with Crippen molar-refractivity contribution >= 4 is 34.9 Å². The third-order valence-corrected chi connectivity index (χ3v) is 6.06. The third kappa shape index (κ3) is 5.37. The number of ether oxygens (including phenoxy) is 1. The van der Waals surface area contributed by atoms with Crippen molar-refractivity contribution in [2.75, 3.05) is 72.9 Å². The SMILES string of the molecule is O=C(Nc1ccccc1)N1CCN(c2ccnc(Nc3ccc(N4CCOCC4)cc3)n2)CC1. The minimum absolute atomic E-state index is 0.0728. The summed E-state index contributed by atoms with van der Waals surface area (Å²) in [4.78, 5) is 28.0. The minimum atomic E-state index is -0.0728. The van der Waals surface area contributed by atoms with Crippen LogP contribution in [0.3, 0.4) is 0 Å². The molecular formula is C25H29N7O2. The molecule has 2 aliphatic rings. The highest BCUT2D eigenvalue weighted by molar-refractivity contribution is 5.89. The van der Waals surface area contributed by atoms with Crippen LogP contribution in [0, 0.1) is 0 Å². The molecule has 0 bridgehead atoms. The fourth-order valence-corrected chi connectivity index (χ4v) is 4.15. The molecule has 0 spiro atoms. The topological polar surface area (TPSA) is 85.9 Å². The summed E-state index contributed by atoms with van der Waals surface area (Å²) in [6.45, 7) is 6.07. The molecule has 176 valence electrons. The Labute approximate surface area is 199 Å². The van der Waals surface area contributed by atoms with E-state index >= 15 is 0 Å². The molecule has 0 unspecified atom stereocenters. The third-order valence-electron chi connectivity index (χ3n) is 6.06. The Bertz CT molecular complexity index is 1080. The first kappa shape index (κ1) is 22.0. The zero-order valence-corrected chi connectivity index (χ0v) is 19.1. The predicted molar refractivity (Wildman–Crippen MR) is 134 cm³/mol. The van der Waals surface area contributed by atoms with Crippen LogP contribution in [-0.4, -0.2) is 73.4 Å². The summed E-state index contributed by atoms with van der Waals surface area (Å²) >= 11 is 0. The highest BCUT2D eigenvalue weighted by Crippen LogP contribution is 2.22. The van der Waals surface area contributed by atoms with Gasteiger partial charge in [-0.15, -0.1) is 0 Å². The quantitative estimate of drug-likeness (QED) is 0.605. The van der Waals surface area contributed by atoms with Gasteiger partial charge in [0.1, 0.15) is 5.82 Å². The van der Waals surface area contributed by atoms with Gasteiger partial charge in [0.05, 0.1) is 13.2 Å². The van der Waals surface area contributed by atoms with Crippen LogP contribution in [0.4, 0.5) is 33.6 Å². The highest BCUT2D eigenvalue weighted by Gasteiger charge is 2.22. The maximum atomic E-state index is 12.5. The lowest BCUT2D eigenvalue weighted by Crippen LogP contribution is -2.50. The molecule has 3 heterocycles. The van der Waals surface area contributed by atoms with Crippen LogP contribution < -0.4 is 20.4 Å². The van der Waals surface area contributed by atoms with E-state index in [2.05, 4.69) is 37.6 Å². The lowest BCUT2D eigenvalue weighted by atomic mass is 10.2. The summed E-state index contributed by atoms with van der Waals surface area (Å²) in [7, 11) is 0. The Kier molecular flexibility index (Phi) is 6.71. The van der Waals surface area contributed by atoms with Crippen LogP contribution >= 0.6 is 0 Å². The molecule has 2 amide bonds. The molecule has 2 saturated heterocycles. The zero-order chi connectivity index (χ0) is 23.2. The smallest absolute Gasteiger partial charge is 0.321 e. The van der Waals surface area contributed by atoms with E-state index in [0.717, 1.165) is 43.5 Å². The zero-order valence-electron chi connectivity index (χ0n) is 19.1. The molecule has 2 N–H and O–H groups in total. The maximum absolute atomic E-state index is 12.5. The van der Waals surface area contributed by atoms with Gasteiger partial charge in [-0.3, -0.25) is 0 Å². The van der Waals surface area contributed by atoms with Crippen molar-refractivity contribution in [3.8, 4) is 0 Å². The van der Waals surface area contributed by atoms with E-state index in [9.17, 15) is 4.79 Å². The Hall–Kier alpha value is -3.85. The molecule has 9 heteroatoms. The lowest BCUT2D eigenvalue weighted by Gasteiger charge is -2.35. The van der Waals surface area contributed by atoms with E-state index in [1.165, 1.54) is 5.69 Å². The molecular weight excluding hydrogens is 430 g/mol. The molecule has 9 nitrogen and oxygen atoms in total. The maximum Gasteiger partial charge on any atom is 0.321 e. The summed E-state index contributed by atoms with van der Waals surface area (Å²) < 4.78 is 5.43. The van der Waals surface area contributed by atoms with E-state index < -0.39 is 0 Å². The van der Waals surface area contributed by atoms with Gasteiger partial charge in [-0.2, -0.15) is 4.98 Å². The first-order chi connectivity index (χ1) is 16.7. The van der Waals surface area contributed by atoms with Crippen LogP contribution in [-0.2, 0) is 4.74 Å². The van der Waals surface area contributed by atoms with Gasteiger partial charge in [0.15, 0.2) is 0 Å². The molecule has 5 rings (SSSR count). The second-order valence-corrected chi connectivity index (χ2v) is 8.28. The number of piperazine rings is 1. The van der Waals surface area contributed by atoms with Crippen molar-refractivity contribution in [3.05, 3.63) is 66.9 Å². The number of hydrogen-bond acceptors (Lipinski definition) is 7. The summed E-state index contributed by atoms with van der Waals surface area (Å²) in [6, 6.07) is 19.7. The molecule has 0 saturated carbocycles. The van der Waals surface area contributed by atoms with Crippen LogP contribution in [0.15, 0.2) is 66.9 Å². The molecule has 2 aliphatic heterocycles. The number of nitrogens with zero attached hydrogens (tertiary/aromatic N) is 5. The number of morpholine rings is 1. The van der Waals surface area contributed by atoms with Crippen molar-refractivity contribution in [2.24, 2.45) is 0 Å². The number of nitrogens with one attached hydrogen (secondary N) is 2. The number of carbonyl (C=O) groups excluding carboxylic acids is 1. The molecule has 2 aromatic carbocycles. The normalized spacial score (nSPS) is 16.3. The van der Waals surface area contributed by atoms with Gasteiger partial charge in [-0.05, 0) is 42.5 Å². The number of amides is 2. The number of urea groups is 1. The molecule has 0 atom stereocenters. The first-order valence-corrected chi connectivity index (χ1v) is 11.6. The number of aromatic nitrogens is 2. The van der Waals surface area contributed by atoms with Gasteiger partial charge in [-0.25, -0.2) is 9.78 Å². The molecule has 2 fully saturated rings. The van der Waals surface area contributed by atoms with Gasteiger partial charge in [-0.1, -0.05) is 18.2 Å². The van der Waals surface area contributed by atoms with Gasteiger partial charge in [0, 0.05) is 62.5 Å². The number of carbonyl (C=O) groups is 1. The number of rotatable bonds is 5. The fourth-order valence-electron chi connectivity index (χ4n) is 4.15. The number of para-hydroxylation sites is 1. The van der Waals surface area contributed by atoms with Gasteiger partial charge < -0.3 is 30.1 Å². The van der Waals surface area contributed by atoms with Gasteiger partial charge in [0.25, 0.3) is 0 Å². The van der Waals surface area contributed by atoms with Gasteiger partial charge in [0.2, 0.25) is 5.95 Å².